The van der Waals surface area contributed by atoms with Gasteiger partial charge in [-0.2, -0.15) is 0 Å². The van der Waals surface area contributed by atoms with E-state index in [-0.39, 0.29) is 79.0 Å². The minimum Gasteiger partial charge on any atom is 0 e. The predicted molar refractivity (Wildman–Crippen MR) is 136 cm³/mol. The molecule has 266 valence electrons. The average molecular weight is 862 g/mol. The van der Waals surface area contributed by atoms with Crippen LogP contribution in [0.4, 0.5) is 0 Å². The molecule has 0 aromatic heterocycles. The summed E-state index contributed by atoms with van der Waals surface area (Å²) in [6, 6.07) is 15.4. The Morgan fingerprint density at radius 1 is 0.380 bits per heavy atom. The molecule has 0 unspecified atom stereocenters. The normalized spacial score (nSPS) is 6.00. The van der Waals surface area contributed by atoms with Gasteiger partial charge in [-0.3, -0.25) is 0 Å². The molecule has 0 amide bonds. The third-order valence-electron chi connectivity index (χ3n) is 3.64. The summed E-state index contributed by atoms with van der Waals surface area (Å²) >= 11 is 0. The van der Waals surface area contributed by atoms with E-state index in [4.69, 9.17) is 78.1 Å². The molecule has 50 heavy (non-hydrogen) atoms. The van der Waals surface area contributed by atoms with Crippen LogP contribution in [0.1, 0.15) is 23.0 Å². The van der Waals surface area contributed by atoms with Crippen LogP contribution >= 0.6 is 0 Å². The Morgan fingerprint density at radius 3 is 0.620 bits per heavy atom. The summed E-state index contributed by atoms with van der Waals surface area (Å²) in [7, 11) is 3.27. The van der Waals surface area contributed by atoms with E-state index < -0.39 is 0 Å². The van der Waals surface area contributed by atoms with Gasteiger partial charge in [0.05, 0.1) is 26.1 Å². The molecular weight excluding hydrogens is 844 g/mol. The first-order valence-electron chi connectivity index (χ1n) is 9.38. The third kappa shape index (κ3) is 62.8. The Balaban J connectivity index is -0.0000000288. The van der Waals surface area contributed by atoms with E-state index in [0.29, 0.717) is 0 Å². The minimum atomic E-state index is -0.190. The molecule has 2 rings (SSSR count). The van der Waals surface area contributed by atoms with Gasteiger partial charge in [0.1, 0.15) is 11.5 Å². The molecule has 0 aliphatic heterocycles. The van der Waals surface area contributed by atoms with Crippen molar-refractivity contribution in [2.75, 3.05) is 14.2 Å². The van der Waals surface area contributed by atoms with Crippen LogP contribution in [0.3, 0.4) is 0 Å². The summed E-state index contributed by atoms with van der Waals surface area (Å²) in [5.41, 5.74) is 2.00. The molecular formula is C32H18Co4O14. The maximum absolute atomic E-state index is 7.50. The van der Waals surface area contributed by atoms with Crippen molar-refractivity contribution in [1.29, 1.82) is 0 Å². The molecule has 0 saturated heterocycles. The molecule has 2 aromatic carbocycles. The molecule has 4 radical (unpaired) electrons. The van der Waals surface area contributed by atoms with Gasteiger partial charge in [-0.25, -0.2) is 0 Å². The second kappa shape index (κ2) is 129. The summed E-state index contributed by atoms with van der Waals surface area (Å²) in [5, 5.41) is 0. The van der Waals surface area contributed by atoms with Crippen LogP contribution in [0.25, 0.3) is 0 Å². The van der Waals surface area contributed by atoms with Gasteiger partial charge in [0.25, 0.3) is 0 Å². The zero-order chi connectivity index (χ0) is 39.9. The third-order valence-corrected chi connectivity index (χ3v) is 3.64. The number of hydrogen-bond acceptors (Lipinski definition) is 2. The zero-order valence-corrected chi connectivity index (χ0v) is 29.1. The SMILES string of the molecule is C#C[C@@H](c1ccc(OC)cc1)[C@@H](C#C)c1ccc(OC)cc1.[C-]#[O+].[C-]#[O+].[C-]#[O+].[C-]#[O+].[C-]#[O+].[C-]#[O+].[C-]#[O+].[C-]#[O+].[C-]#[O+].[C-]#[O+].[C-]#[O+].[C-]#[O+].[Co].[Co].[Co].[Co]. The van der Waals surface area contributed by atoms with Crippen molar-refractivity contribution in [3.8, 4) is 36.2 Å². The molecule has 14 nitrogen and oxygen atoms in total. The van der Waals surface area contributed by atoms with Crippen LogP contribution in [0.2, 0.25) is 0 Å². The number of terminal acetylenes is 2. The molecule has 2 aromatic rings. The first-order chi connectivity index (χ1) is 22.7. The van der Waals surface area contributed by atoms with E-state index in [1.807, 2.05) is 48.5 Å². The van der Waals surface area contributed by atoms with Crippen LogP contribution in [0, 0.1) is 104 Å². The minimum absolute atomic E-state index is 0. The first kappa shape index (κ1) is 96.9. The van der Waals surface area contributed by atoms with E-state index in [0.717, 1.165) is 22.6 Å². The van der Waals surface area contributed by atoms with Gasteiger partial charge in [0.15, 0.2) is 0 Å². The van der Waals surface area contributed by atoms with Crippen molar-refractivity contribution in [1.82, 2.24) is 0 Å². The summed E-state index contributed by atoms with van der Waals surface area (Å²) in [4.78, 5) is 0. The molecule has 0 saturated carbocycles. The molecule has 0 aliphatic carbocycles. The molecule has 2 atom stereocenters. The van der Waals surface area contributed by atoms with Gasteiger partial charge in [0, 0.05) is 67.1 Å². The van der Waals surface area contributed by atoms with Crippen molar-refractivity contribution in [2.24, 2.45) is 0 Å². The molecule has 0 N–H and O–H groups in total. The van der Waals surface area contributed by atoms with Crippen LogP contribution in [0.15, 0.2) is 48.5 Å². The van der Waals surface area contributed by atoms with Gasteiger partial charge >= 0.3 is 136 Å². The molecule has 0 spiro atoms. The van der Waals surface area contributed by atoms with Crippen molar-refractivity contribution < 1.29 is 132 Å². The van der Waals surface area contributed by atoms with Gasteiger partial charge in [-0.05, 0) is 35.4 Å². The van der Waals surface area contributed by atoms with Gasteiger partial charge in [-0.15, -0.1) is 12.8 Å². The van der Waals surface area contributed by atoms with E-state index >= 15 is 0 Å². The molecule has 0 aliphatic rings. The number of methoxy groups -OCH3 is 2. The monoisotopic (exact) mass is 862 g/mol. The maximum Gasteiger partial charge on any atom is 0 e. The zero-order valence-electron chi connectivity index (χ0n) is 25.0. The van der Waals surface area contributed by atoms with Crippen LogP contribution in [-0.2, 0) is 123 Å². The average Bonchev–Trinajstić information content (AvgIpc) is 3.23. The van der Waals surface area contributed by atoms with Crippen molar-refractivity contribution in [2.45, 2.75) is 11.8 Å². The van der Waals surface area contributed by atoms with Crippen LogP contribution in [-0.4, -0.2) is 14.2 Å². The van der Waals surface area contributed by atoms with E-state index in [1.165, 1.54) is 0 Å². The maximum atomic E-state index is 7.50. The van der Waals surface area contributed by atoms with Crippen molar-refractivity contribution >= 4 is 0 Å². The standard InChI is InChI=1S/C20H18O2.12CO.4Co/c1-5-19(15-7-11-17(21-3)12-8-15)20(6-2)16-9-13-18(22-4)14-10-16;12*1-2;;;;/h1-2,7-14,19-20H,3-4H3;;;;;;;;;;;;;;;;/t19-,20-;;;;;;;;;;;;;;;;/m0................/s1. The second-order valence-electron chi connectivity index (χ2n) is 4.83. The molecule has 0 bridgehead atoms. The largest absolute Gasteiger partial charge is 0 e. The van der Waals surface area contributed by atoms with Crippen molar-refractivity contribution in [3.05, 3.63) is 139 Å². The fraction of sp³-hybridized carbons (Fsp3) is 0.125. The fourth-order valence-corrected chi connectivity index (χ4v) is 2.39. The predicted octanol–water partition coefficient (Wildman–Crippen LogP) is 3.38. The smallest absolute Gasteiger partial charge is 0 e. The van der Waals surface area contributed by atoms with Crippen molar-refractivity contribution in [3.63, 3.8) is 0 Å². The quantitative estimate of drug-likeness (QED) is 0.249. The Bertz CT molecular complexity index is 1050. The van der Waals surface area contributed by atoms with E-state index in [2.05, 4.69) is 91.6 Å². The Labute approximate surface area is 332 Å². The number of ether oxygens (including phenoxy) is 2. The van der Waals surface area contributed by atoms with Gasteiger partial charge in [0.2, 0.25) is 0 Å². The summed E-state index contributed by atoms with van der Waals surface area (Å²) < 4.78 is 100. The van der Waals surface area contributed by atoms with Gasteiger partial charge < -0.3 is 9.47 Å². The Morgan fingerprint density at radius 2 is 0.520 bits per heavy atom. The van der Waals surface area contributed by atoms with Crippen LogP contribution < -0.4 is 9.47 Å². The first-order valence-corrected chi connectivity index (χ1v) is 9.38. The fourth-order valence-electron chi connectivity index (χ4n) is 2.39. The summed E-state index contributed by atoms with van der Waals surface area (Å²) in [5.74, 6) is 6.84. The number of hydrogen-bond donors (Lipinski definition) is 0. The number of rotatable bonds is 5. The number of benzene rings is 2. The topological polar surface area (TPSA) is 257 Å². The second-order valence-corrected chi connectivity index (χ2v) is 4.83. The van der Waals surface area contributed by atoms with Gasteiger partial charge in [-0.1, -0.05) is 36.1 Å². The molecule has 0 fully saturated rings. The Hall–Kier alpha value is -3.93. The van der Waals surface area contributed by atoms with E-state index in [9.17, 15) is 0 Å². The summed E-state index contributed by atoms with van der Waals surface area (Å²) in [6.07, 6.45) is 11.5. The Kier molecular flexibility index (Phi) is 250. The molecule has 0 heterocycles. The van der Waals surface area contributed by atoms with E-state index in [1.54, 1.807) is 14.2 Å². The molecule has 18 heteroatoms. The summed E-state index contributed by atoms with van der Waals surface area (Å²) in [6.45, 7) is 54.0. The van der Waals surface area contributed by atoms with Crippen LogP contribution in [0.5, 0.6) is 11.5 Å².